The first kappa shape index (κ1) is 26.5. The number of nitrogens with one attached hydrogen (secondary N) is 2. The number of likely N-dealkylation sites (tertiary alicyclic amines) is 1. The van der Waals surface area contributed by atoms with Gasteiger partial charge in [-0.15, -0.1) is 24.0 Å². The highest BCUT2D eigenvalue weighted by Crippen LogP contribution is 2.17. The van der Waals surface area contributed by atoms with Crippen LogP contribution in [-0.4, -0.2) is 55.6 Å². The molecule has 7 heteroatoms. The van der Waals surface area contributed by atoms with Crippen LogP contribution in [0.1, 0.15) is 52.0 Å². The average molecular weight is 530 g/mol. The number of carbonyl (C=O) groups is 1. The van der Waals surface area contributed by atoms with Crippen LogP contribution in [0.25, 0.3) is 0 Å². The Bertz CT molecular complexity index is 671. The number of guanidine groups is 1. The normalized spacial score (nSPS) is 16.1. The Hall–Kier alpha value is -1.51. The van der Waals surface area contributed by atoms with Gasteiger partial charge in [0.2, 0.25) is 5.91 Å². The molecule has 30 heavy (non-hydrogen) atoms. The zero-order chi connectivity index (χ0) is 21.2. The fourth-order valence-electron chi connectivity index (χ4n) is 3.73. The number of carbonyl (C=O) groups excluding carboxylic acids is 1. The molecule has 1 aliphatic heterocycles. The number of aryl methyl sites for hydroxylation is 1. The van der Waals surface area contributed by atoms with Crippen molar-refractivity contribution in [3.05, 3.63) is 29.8 Å². The molecule has 1 aromatic carbocycles. The summed E-state index contributed by atoms with van der Waals surface area (Å²) in [7, 11) is 1.78. The number of halogens is 1. The lowest BCUT2D eigenvalue weighted by Crippen LogP contribution is -2.51. The molecule has 1 atom stereocenters. The highest BCUT2D eigenvalue weighted by Gasteiger charge is 2.26. The third kappa shape index (κ3) is 8.32. The van der Waals surface area contributed by atoms with Crippen LogP contribution in [-0.2, 0) is 4.79 Å². The Balaban J connectivity index is 0.00000450. The molecule has 1 unspecified atom stereocenters. The summed E-state index contributed by atoms with van der Waals surface area (Å²) in [5.74, 6) is 2.16. The Morgan fingerprint density at radius 3 is 2.50 bits per heavy atom. The van der Waals surface area contributed by atoms with E-state index in [2.05, 4.69) is 42.5 Å². The highest BCUT2D eigenvalue weighted by molar-refractivity contribution is 14.0. The lowest BCUT2D eigenvalue weighted by Gasteiger charge is -2.35. The van der Waals surface area contributed by atoms with Gasteiger partial charge in [-0.1, -0.05) is 26.0 Å². The summed E-state index contributed by atoms with van der Waals surface area (Å²) in [5.41, 5.74) is 1.19. The molecular formula is C23H39IN4O2. The molecule has 0 spiro atoms. The maximum Gasteiger partial charge on any atom is 0.225 e. The third-order valence-electron chi connectivity index (χ3n) is 5.59. The van der Waals surface area contributed by atoms with Crippen LogP contribution in [0.2, 0.25) is 0 Å². The van der Waals surface area contributed by atoms with Gasteiger partial charge in [-0.3, -0.25) is 9.79 Å². The number of ether oxygens (including phenoxy) is 1. The molecule has 1 heterocycles. The summed E-state index contributed by atoms with van der Waals surface area (Å²) >= 11 is 0. The molecule has 1 fully saturated rings. The second-order valence-electron chi connectivity index (χ2n) is 7.96. The molecule has 0 aliphatic carbocycles. The van der Waals surface area contributed by atoms with E-state index in [1.807, 2.05) is 30.0 Å². The van der Waals surface area contributed by atoms with Crippen molar-refractivity contribution in [1.29, 1.82) is 0 Å². The van der Waals surface area contributed by atoms with Crippen molar-refractivity contribution in [2.24, 2.45) is 10.9 Å². The standard InChI is InChI=1S/C23H38N4O2.HI/c1-6-19(7-2)22(28)27-13-11-20(12-14-27)26-23(24-5)25-16-18(4)29-21-10-8-9-17(3)15-21;/h8-10,15,18-20H,6-7,11-14,16H2,1-5H3,(H2,24,25,26);1H. The van der Waals surface area contributed by atoms with Crippen LogP contribution in [0.5, 0.6) is 5.75 Å². The second-order valence-corrected chi connectivity index (χ2v) is 7.96. The summed E-state index contributed by atoms with van der Waals surface area (Å²) in [6.45, 7) is 10.6. The molecule has 1 saturated heterocycles. The highest BCUT2D eigenvalue weighted by atomic mass is 127. The number of piperidine rings is 1. The SMILES string of the molecule is CCC(CC)C(=O)N1CCC(NC(=NC)NCC(C)Oc2cccc(C)c2)CC1.I. The molecule has 0 aromatic heterocycles. The molecule has 6 nitrogen and oxygen atoms in total. The molecule has 0 radical (unpaired) electrons. The van der Waals surface area contributed by atoms with Gasteiger partial charge < -0.3 is 20.3 Å². The number of aliphatic imine (C=N–C) groups is 1. The zero-order valence-electron chi connectivity index (χ0n) is 19.1. The molecule has 1 aromatic rings. The van der Waals surface area contributed by atoms with E-state index in [9.17, 15) is 4.79 Å². The molecule has 1 amide bonds. The fraction of sp³-hybridized carbons (Fsp3) is 0.652. The lowest BCUT2D eigenvalue weighted by molar-refractivity contribution is -0.136. The largest absolute Gasteiger partial charge is 0.489 e. The minimum atomic E-state index is 0. The van der Waals surface area contributed by atoms with Crippen molar-refractivity contribution >= 4 is 35.8 Å². The van der Waals surface area contributed by atoms with E-state index in [0.29, 0.717) is 18.5 Å². The van der Waals surface area contributed by atoms with Gasteiger partial charge in [0.25, 0.3) is 0 Å². The average Bonchev–Trinajstić information content (AvgIpc) is 2.72. The smallest absolute Gasteiger partial charge is 0.225 e. The van der Waals surface area contributed by atoms with E-state index in [1.54, 1.807) is 7.05 Å². The van der Waals surface area contributed by atoms with E-state index >= 15 is 0 Å². The number of nitrogens with zero attached hydrogens (tertiary/aromatic N) is 2. The molecule has 2 rings (SSSR count). The van der Waals surface area contributed by atoms with Gasteiger partial charge >= 0.3 is 0 Å². The van der Waals surface area contributed by atoms with Gasteiger partial charge in [-0.2, -0.15) is 0 Å². The molecule has 1 aliphatic rings. The van der Waals surface area contributed by atoms with Crippen LogP contribution in [0.4, 0.5) is 0 Å². The summed E-state index contributed by atoms with van der Waals surface area (Å²) in [4.78, 5) is 18.9. The van der Waals surface area contributed by atoms with E-state index in [1.165, 1.54) is 5.56 Å². The number of hydrogen-bond donors (Lipinski definition) is 2. The van der Waals surface area contributed by atoms with Crippen molar-refractivity contribution < 1.29 is 9.53 Å². The van der Waals surface area contributed by atoms with E-state index < -0.39 is 0 Å². The van der Waals surface area contributed by atoms with Crippen molar-refractivity contribution in [3.8, 4) is 5.75 Å². The second kappa shape index (κ2) is 13.7. The van der Waals surface area contributed by atoms with Gasteiger partial charge in [0, 0.05) is 32.1 Å². The topological polar surface area (TPSA) is 66.0 Å². The van der Waals surface area contributed by atoms with Crippen molar-refractivity contribution in [2.45, 2.75) is 65.5 Å². The maximum atomic E-state index is 12.5. The van der Waals surface area contributed by atoms with Crippen LogP contribution < -0.4 is 15.4 Å². The molecular weight excluding hydrogens is 491 g/mol. The summed E-state index contributed by atoms with van der Waals surface area (Å²) < 4.78 is 5.97. The Morgan fingerprint density at radius 2 is 1.93 bits per heavy atom. The molecule has 0 saturated carbocycles. The predicted octanol–water partition coefficient (Wildman–Crippen LogP) is 3.97. The Morgan fingerprint density at radius 1 is 1.27 bits per heavy atom. The van der Waals surface area contributed by atoms with Crippen LogP contribution in [0.15, 0.2) is 29.3 Å². The number of rotatable bonds is 8. The minimum Gasteiger partial charge on any atom is -0.489 e. The third-order valence-corrected chi connectivity index (χ3v) is 5.59. The van der Waals surface area contributed by atoms with Crippen LogP contribution in [0.3, 0.4) is 0 Å². The van der Waals surface area contributed by atoms with Crippen molar-refractivity contribution in [1.82, 2.24) is 15.5 Å². The summed E-state index contributed by atoms with van der Waals surface area (Å²) in [5, 5.41) is 6.85. The van der Waals surface area contributed by atoms with E-state index in [4.69, 9.17) is 4.74 Å². The predicted molar refractivity (Wildman–Crippen MR) is 135 cm³/mol. The summed E-state index contributed by atoms with van der Waals surface area (Å²) in [6.07, 6.45) is 3.76. The van der Waals surface area contributed by atoms with Crippen LogP contribution in [0, 0.1) is 12.8 Å². The fourth-order valence-corrected chi connectivity index (χ4v) is 3.73. The molecule has 0 bridgehead atoms. The first-order valence-electron chi connectivity index (χ1n) is 11.0. The first-order valence-corrected chi connectivity index (χ1v) is 11.0. The van der Waals surface area contributed by atoms with Gasteiger partial charge in [-0.05, 0) is 57.2 Å². The van der Waals surface area contributed by atoms with Gasteiger partial charge in [0.15, 0.2) is 5.96 Å². The number of benzene rings is 1. The monoisotopic (exact) mass is 530 g/mol. The van der Waals surface area contributed by atoms with Crippen molar-refractivity contribution in [3.63, 3.8) is 0 Å². The quantitative estimate of drug-likeness (QED) is 0.303. The summed E-state index contributed by atoms with van der Waals surface area (Å²) in [6, 6.07) is 8.42. The van der Waals surface area contributed by atoms with E-state index in [-0.39, 0.29) is 36.0 Å². The molecule has 170 valence electrons. The van der Waals surface area contributed by atoms with E-state index in [0.717, 1.165) is 50.5 Å². The van der Waals surface area contributed by atoms with Gasteiger partial charge in [-0.25, -0.2) is 0 Å². The zero-order valence-corrected chi connectivity index (χ0v) is 21.4. The number of amides is 1. The van der Waals surface area contributed by atoms with Crippen molar-refractivity contribution in [2.75, 3.05) is 26.7 Å². The lowest BCUT2D eigenvalue weighted by atomic mass is 9.98. The Kier molecular flexibility index (Phi) is 12.1. The number of hydrogen-bond acceptors (Lipinski definition) is 3. The molecule has 2 N–H and O–H groups in total. The van der Waals surface area contributed by atoms with Gasteiger partial charge in [0.1, 0.15) is 11.9 Å². The maximum absolute atomic E-state index is 12.5. The minimum absolute atomic E-state index is 0. The Labute approximate surface area is 199 Å². The first-order chi connectivity index (χ1) is 14.0. The van der Waals surface area contributed by atoms with Gasteiger partial charge in [0.05, 0.1) is 6.54 Å². The van der Waals surface area contributed by atoms with Crippen LogP contribution >= 0.6 is 24.0 Å².